The number of carbonyl (C=O) groups is 1. The predicted molar refractivity (Wildman–Crippen MR) is 153 cm³/mol. The first-order chi connectivity index (χ1) is 18.1. The summed E-state index contributed by atoms with van der Waals surface area (Å²) >= 11 is 0. The number of carbonyl (C=O) groups excluding carboxylic acids is 1. The molecule has 0 aromatic carbocycles. The van der Waals surface area contributed by atoms with Gasteiger partial charge in [0.25, 0.3) is 7.82 Å². The SMILES string of the molecule is CCC/C=C\CCCCCCCCOCC(COP(=O)([O-])OCC[N+](C)(C)C)OC(=O)CCCCCCC. The van der Waals surface area contributed by atoms with E-state index in [1.54, 1.807) is 0 Å². The van der Waals surface area contributed by atoms with Crippen LogP contribution in [-0.2, 0) is 27.9 Å². The van der Waals surface area contributed by atoms with Crippen LogP contribution >= 0.6 is 7.82 Å². The van der Waals surface area contributed by atoms with Gasteiger partial charge in [-0.05, 0) is 32.1 Å². The molecule has 38 heavy (non-hydrogen) atoms. The van der Waals surface area contributed by atoms with Gasteiger partial charge < -0.3 is 27.9 Å². The lowest BCUT2D eigenvalue weighted by Gasteiger charge is -2.28. The molecule has 0 amide bonds. The highest BCUT2D eigenvalue weighted by molar-refractivity contribution is 7.45. The van der Waals surface area contributed by atoms with E-state index in [1.165, 1.54) is 44.9 Å². The van der Waals surface area contributed by atoms with Crippen molar-refractivity contribution in [1.29, 1.82) is 0 Å². The second-order valence-electron chi connectivity index (χ2n) is 11.1. The van der Waals surface area contributed by atoms with Crippen molar-refractivity contribution in [2.24, 2.45) is 0 Å². The summed E-state index contributed by atoms with van der Waals surface area (Å²) in [5.41, 5.74) is 0. The minimum atomic E-state index is -4.49. The lowest BCUT2D eigenvalue weighted by molar-refractivity contribution is -0.870. The van der Waals surface area contributed by atoms with Gasteiger partial charge in [0.1, 0.15) is 19.3 Å². The summed E-state index contributed by atoms with van der Waals surface area (Å²) in [4.78, 5) is 24.5. The maximum absolute atomic E-state index is 12.3. The number of esters is 1. The van der Waals surface area contributed by atoms with Crippen molar-refractivity contribution >= 4 is 13.8 Å². The van der Waals surface area contributed by atoms with Crippen LogP contribution in [0.5, 0.6) is 0 Å². The molecule has 9 heteroatoms. The fraction of sp³-hybridized carbons (Fsp3) is 0.897. The van der Waals surface area contributed by atoms with Crippen LogP contribution in [0.1, 0.15) is 110 Å². The van der Waals surface area contributed by atoms with Gasteiger partial charge in [-0.15, -0.1) is 0 Å². The Hall–Kier alpha value is -0.760. The lowest BCUT2D eigenvalue weighted by Crippen LogP contribution is -2.37. The van der Waals surface area contributed by atoms with Crippen LogP contribution in [0.15, 0.2) is 12.2 Å². The Balaban J connectivity index is 4.33. The minimum Gasteiger partial charge on any atom is -0.756 e. The number of quaternary nitrogens is 1. The first-order valence-corrected chi connectivity index (χ1v) is 16.4. The van der Waals surface area contributed by atoms with Gasteiger partial charge in [-0.3, -0.25) is 9.36 Å². The summed E-state index contributed by atoms with van der Waals surface area (Å²) in [5.74, 6) is -0.352. The maximum atomic E-state index is 12.3. The molecule has 0 aliphatic carbocycles. The van der Waals surface area contributed by atoms with Gasteiger partial charge in [0.15, 0.2) is 0 Å². The highest BCUT2D eigenvalue weighted by atomic mass is 31.2. The predicted octanol–water partition coefficient (Wildman–Crippen LogP) is 6.57. The van der Waals surface area contributed by atoms with Crippen LogP contribution in [-0.4, -0.2) is 70.7 Å². The maximum Gasteiger partial charge on any atom is 0.306 e. The van der Waals surface area contributed by atoms with Crippen LogP contribution in [0.3, 0.4) is 0 Å². The van der Waals surface area contributed by atoms with Crippen LogP contribution < -0.4 is 4.89 Å². The van der Waals surface area contributed by atoms with Crippen LogP contribution in [0.25, 0.3) is 0 Å². The molecule has 2 unspecified atom stereocenters. The summed E-state index contributed by atoms with van der Waals surface area (Å²) in [5, 5.41) is 0. The first kappa shape index (κ1) is 37.2. The molecule has 8 nitrogen and oxygen atoms in total. The molecule has 0 aliphatic rings. The minimum absolute atomic E-state index is 0.0263. The third-order valence-electron chi connectivity index (χ3n) is 6.05. The zero-order valence-electron chi connectivity index (χ0n) is 25.1. The number of rotatable bonds is 27. The Morgan fingerprint density at radius 3 is 2.11 bits per heavy atom. The third-order valence-corrected chi connectivity index (χ3v) is 7.01. The smallest absolute Gasteiger partial charge is 0.306 e. The number of hydrogen-bond acceptors (Lipinski definition) is 7. The van der Waals surface area contributed by atoms with E-state index in [4.69, 9.17) is 18.5 Å². The number of nitrogens with zero attached hydrogens (tertiary/aromatic N) is 1. The quantitative estimate of drug-likeness (QED) is 0.0367. The van der Waals surface area contributed by atoms with Crippen molar-refractivity contribution in [1.82, 2.24) is 0 Å². The molecule has 0 heterocycles. The Bertz CT molecular complexity index is 637. The molecule has 0 aromatic heterocycles. The third kappa shape index (κ3) is 26.8. The van der Waals surface area contributed by atoms with Crippen molar-refractivity contribution in [3.63, 3.8) is 0 Å². The summed E-state index contributed by atoms with van der Waals surface area (Å²) in [6.45, 7) is 5.22. The standard InChI is InChI=1S/C29H58NO7P/c1-6-8-10-12-13-14-15-16-17-19-21-24-34-26-28(37-29(31)22-20-18-11-9-7-2)27-36-38(32,33)35-25-23-30(3,4)5/h10,12,28H,6-9,11,13-27H2,1-5H3/b12-10-. The monoisotopic (exact) mass is 563 g/mol. The van der Waals surface area contributed by atoms with Gasteiger partial charge in [-0.2, -0.15) is 0 Å². The number of hydrogen-bond donors (Lipinski definition) is 0. The van der Waals surface area contributed by atoms with E-state index in [2.05, 4.69) is 26.0 Å². The van der Waals surface area contributed by atoms with Crippen LogP contribution in [0.2, 0.25) is 0 Å². The summed E-state index contributed by atoms with van der Waals surface area (Å²) in [7, 11) is 1.35. The highest BCUT2D eigenvalue weighted by Gasteiger charge is 2.20. The number of phosphoric ester groups is 1. The fourth-order valence-corrected chi connectivity index (χ4v) is 4.39. The summed E-state index contributed by atoms with van der Waals surface area (Å²) in [6, 6.07) is 0. The molecule has 0 N–H and O–H groups in total. The molecular weight excluding hydrogens is 505 g/mol. The molecule has 0 aromatic rings. The van der Waals surface area contributed by atoms with E-state index in [1.807, 2.05) is 21.1 Å². The molecule has 0 saturated carbocycles. The van der Waals surface area contributed by atoms with Gasteiger partial charge in [0, 0.05) is 13.0 Å². The van der Waals surface area contributed by atoms with Gasteiger partial charge in [-0.25, -0.2) is 0 Å². The number of likely N-dealkylation sites (N-methyl/N-ethyl adjacent to an activating group) is 1. The zero-order valence-corrected chi connectivity index (χ0v) is 26.0. The summed E-state index contributed by atoms with van der Waals surface area (Å²) in [6.07, 6.45) is 19.7. The average Bonchev–Trinajstić information content (AvgIpc) is 2.84. The van der Waals surface area contributed by atoms with E-state index in [-0.39, 0.29) is 25.8 Å². The van der Waals surface area contributed by atoms with Crippen LogP contribution in [0.4, 0.5) is 0 Å². The molecule has 0 rings (SSSR count). The second kappa shape index (κ2) is 24.1. The lowest BCUT2D eigenvalue weighted by atomic mass is 10.1. The van der Waals surface area contributed by atoms with E-state index < -0.39 is 13.9 Å². The van der Waals surface area contributed by atoms with Crippen molar-refractivity contribution in [2.45, 2.75) is 116 Å². The van der Waals surface area contributed by atoms with Gasteiger partial charge in [0.2, 0.25) is 0 Å². The fourth-order valence-electron chi connectivity index (χ4n) is 3.66. The zero-order chi connectivity index (χ0) is 28.5. The molecule has 2 atom stereocenters. The first-order valence-electron chi connectivity index (χ1n) is 14.9. The van der Waals surface area contributed by atoms with Crippen molar-refractivity contribution in [3.05, 3.63) is 12.2 Å². The Labute approximate surface area is 233 Å². The number of unbranched alkanes of at least 4 members (excludes halogenated alkanes) is 11. The second-order valence-corrected chi connectivity index (χ2v) is 12.5. The average molecular weight is 564 g/mol. The molecule has 0 saturated heterocycles. The molecular formula is C29H58NO7P. The molecule has 0 radical (unpaired) electrons. The number of allylic oxidation sites excluding steroid dienone is 2. The van der Waals surface area contributed by atoms with Crippen LogP contribution in [0, 0.1) is 0 Å². The molecule has 226 valence electrons. The van der Waals surface area contributed by atoms with Gasteiger partial charge in [-0.1, -0.05) is 83.8 Å². The Morgan fingerprint density at radius 2 is 1.42 bits per heavy atom. The van der Waals surface area contributed by atoms with E-state index in [0.717, 1.165) is 44.9 Å². The van der Waals surface area contributed by atoms with E-state index in [0.29, 0.717) is 24.1 Å². The van der Waals surface area contributed by atoms with Gasteiger partial charge >= 0.3 is 5.97 Å². The number of ether oxygens (including phenoxy) is 2. The topological polar surface area (TPSA) is 94.1 Å². The Morgan fingerprint density at radius 1 is 0.789 bits per heavy atom. The Kier molecular flexibility index (Phi) is 23.6. The number of phosphoric acid groups is 1. The van der Waals surface area contributed by atoms with E-state index in [9.17, 15) is 14.3 Å². The highest BCUT2D eigenvalue weighted by Crippen LogP contribution is 2.38. The van der Waals surface area contributed by atoms with Crippen molar-refractivity contribution in [2.75, 3.05) is 54.1 Å². The molecule has 0 spiro atoms. The normalized spacial score (nSPS) is 14.6. The van der Waals surface area contributed by atoms with E-state index >= 15 is 0 Å². The molecule has 0 fully saturated rings. The molecule has 0 bridgehead atoms. The van der Waals surface area contributed by atoms with Gasteiger partial charge in [0.05, 0.1) is 34.4 Å². The summed E-state index contributed by atoms with van der Waals surface area (Å²) < 4.78 is 34.0. The molecule has 0 aliphatic heterocycles. The van der Waals surface area contributed by atoms with Crippen molar-refractivity contribution in [3.8, 4) is 0 Å². The van der Waals surface area contributed by atoms with Crippen molar-refractivity contribution < 1.29 is 37.3 Å². The largest absolute Gasteiger partial charge is 0.756 e.